The Morgan fingerprint density at radius 2 is 2.08 bits per heavy atom. The zero-order chi connectivity index (χ0) is 17.9. The number of benzene rings is 1. The van der Waals surface area contributed by atoms with Crippen LogP contribution in [0.3, 0.4) is 0 Å². The second-order valence-corrected chi connectivity index (χ2v) is 7.32. The third-order valence-electron chi connectivity index (χ3n) is 3.78. The summed E-state index contributed by atoms with van der Waals surface area (Å²) in [4.78, 5) is 28.2. The minimum Gasteiger partial charge on any atom is -0.282 e. The lowest BCUT2D eigenvalue weighted by Gasteiger charge is -2.11. The Balaban J connectivity index is 1.75. The van der Waals surface area contributed by atoms with Gasteiger partial charge in [-0.15, -0.1) is 17.9 Å². The van der Waals surface area contributed by atoms with Crippen LogP contribution in [-0.2, 0) is 4.79 Å². The Morgan fingerprint density at radius 1 is 1.19 bits per heavy atom. The van der Waals surface area contributed by atoms with Crippen molar-refractivity contribution in [1.29, 1.82) is 0 Å². The van der Waals surface area contributed by atoms with Gasteiger partial charge in [-0.05, 0) is 35.5 Å². The summed E-state index contributed by atoms with van der Waals surface area (Å²) in [5.74, 6) is -0.0777. The van der Waals surface area contributed by atoms with Crippen LogP contribution < -0.4 is 0 Å². The molecule has 1 aliphatic rings. The molecule has 1 saturated heterocycles. The van der Waals surface area contributed by atoms with Crippen molar-refractivity contribution in [3.63, 3.8) is 0 Å². The first-order valence-electron chi connectivity index (χ1n) is 7.90. The largest absolute Gasteiger partial charge is 0.282 e. The minimum atomic E-state index is -0.0777. The van der Waals surface area contributed by atoms with Gasteiger partial charge < -0.3 is 0 Å². The van der Waals surface area contributed by atoms with E-state index in [9.17, 15) is 4.79 Å². The van der Waals surface area contributed by atoms with Crippen molar-refractivity contribution < 1.29 is 4.79 Å². The Morgan fingerprint density at radius 3 is 2.88 bits per heavy atom. The molecule has 7 heteroatoms. The normalized spacial score (nSPS) is 17.5. The van der Waals surface area contributed by atoms with E-state index in [2.05, 4.69) is 21.5 Å². The van der Waals surface area contributed by atoms with E-state index in [0.29, 0.717) is 21.7 Å². The number of fused-ring (bicyclic) bond motifs is 1. The van der Waals surface area contributed by atoms with E-state index in [4.69, 9.17) is 0 Å². The van der Waals surface area contributed by atoms with E-state index in [-0.39, 0.29) is 5.91 Å². The summed E-state index contributed by atoms with van der Waals surface area (Å²) in [5, 5.41) is 4.12. The van der Waals surface area contributed by atoms with Crippen molar-refractivity contribution >= 4 is 56.3 Å². The van der Waals surface area contributed by atoms with Crippen molar-refractivity contribution in [3.05, 3.63) is 71.2 Å². The molecule has 5 nitrogen and oxygen atoms in total. The fourth-order valence-electron chi connectivity index (χ4n) is 2.62. The van der Waals surface area contributed by atoms with Gasteiger partial charge in [0.2, 0.25) is 5.13 Å². The molecule has 0 N–H and O–H groups in total. The van der Waals surface area contributed by atoms with Crippen LogP contribution in [0.1, 0.15) is 5.56 Å². The third kappa shape index (κ3) is 3.18. The van der Waals surface area contributed by atoms with Crippen LogP contribution in [0.4, 0.5) is 5.13 Å². The number of thioether (sulfide) groups is 1. The van der Waals surface area contributed by atoms with Gasteiger partial charge in [-0.1, -0.05) is 24.3 Å². The Bertz CT molecular complexity index is 1040. The Labute approximate surface area is 158 Å². The molecule has 0 atom stereocenters. The highest BCUT2D eigenvalue weighted by Gasteiger charge is 2.32. The average molecular weight is 378 g/mol. The summed E-state index contributed by atoms with van der Waals surface area (Å²) >= 11 is 2.79. The van der Waals surface area contributed by atoms with Crippen molar-refractivity contribution in [3.8, 4) is 0 Å². The summed E-state index contributed by atoms with van der Waals surface area (Å²) in [6.45, 7) is 4.15. The molecular weight excluding hydrogens is 364 g/mol. The number of hydrogen-bond acceptors (Lipinski definition) is 6. The number of thiazole rings is 1. The average Bonchev–Trinajstić information content (AvgIpc) is 3.27. The number of amidine groups is 1. The number of aromatic nitrogens is 2. The first-order chi connectivity index (χ1) is 12.8. The zero-order valence-electron chi connectivity index (χ0n) is 13.7. The van der Waals surface area contributed by atoms with Crippen molar-refractivity contribution in [2.75, 3.05) is 6.54 Å². The van der Waals surface area contributed by atoms with Crippen LogP contribution in [0, 0.1) is 0 Å². The van der Waals surface area contributed by atoms with E-state index in [1.165, 1.54) is 23.1 Å². The first-order valence-corrected chi connectivity index (χ1v) is 9.60. The fraction of sp³-hybridized carbons (Fsp3) is 0.0526. The minimum absolute atomic E-state index is 0.0777. The monoisotopic (exact) mass is 378 g/mol. The molecule has 4 rings (SSSR count). The van der Waals surface area contributed by atoms with Crippen LogP contribution in [0.15, 0.2) is 70.7 Å². The number of hydrogen-bond donors (Lipinski definition) is 0. The molecule has 26 heavy (non-hydrogen) atoms. The van der Waals surface area contributed by atoms with Crippen LogP contribution in [0.5, 0.6) is 0 Å². The van der Waals surface area contributed by atoms with E-state index in [0.717, 1.165) is 16.5 Å². The predicted octanol–water partition coefficient (Wildman–Crippen LogP) is 4.48. The summed E-state index contributed by atoms with van der Waals surface area (Å²) < 4.78 is 0. The summed E-state index contributed by atoms with van der Waals surface area (Å²) in [6.07, 6.45) is 7.05. The smallest absolute Gasteiger partial charge is 0.267 e. The maximum atomic E-state index is 12.9. The topological polar surface area (TPSA) is 58.5 Å². The standard InChI is InChI=1S/C19H14N4OS2/c1-2-10-23-17(24)16(26-19(23)22-18-21-9-11-25-18)12-13-7-8-20-15-6-4-3-5-14(13)15/h2-9,11-12H,1,10H2/b16-12-,22-19?. The number of pyridine rings is 1. The molecule has 1 amide bonds. The van der Waals surface area contributed by atoms with Crippen LogP contribution in [0.2, 0.25) is 0 Å². The molecule has 1 fully saturated rings. The number of carbonyl (C=O) groups is 1. The molecule has 3 aromatic rings. The number of nitrogens with zero attached hydrogens (tertiary/aromatic N) is 4. The number of rotatable bonds is 4. The summed E-state index contributed by atoms with van der Waals surface area (Å²) in [7, 11) is 0. The van der Waals surface area contributed by atoms with Crippen molar-refractivity contribution in [2.24, 2.45) is 4.99 Å². The van der Waals surface area contributed by atoms with Gasteiger partial charge in [0.05, 0.1) is 10.4 Å². The number of para-hydroxylation sites is 1. The highest BCUT2D eigenvalue weighted by atomic mass is 32.2. The number of amides is 1. The second kappa shape index (κ2) is 7.23. The van der Waals surface area contributed by atoms with Crippen molar-refractivity contribution in [2.45, 2.75) is 0 Å². The van der Waals surface area contributed by atoms with Crippen LogP contribution in [-0.4, -0.2) is 32.5 Å². The maximum absolute atomic E-state index is 12.9. The van der Waals surface area contributed by atoms with Gasteiger partial charge in [0.15, 0.2) is 5.17 Å². The quantitative estimate of drug-likeness (QED) is 0.496. The van der Waals surface area contributed by atoms with Crippen LogP contribution in [0.25, 0.3) is 17.0 Å². The van der Waals surface area contributed by atoms with Gasteiger partial charge in [0, 0.05) is 29.7 Å². The lowest BCUT2D eigenvalue weighted by Crippen LogP contribution is -2.29. The molecule has 1 aliphatic heterocycles. The van der Waals surface area contributed by atoms with E-state index >= 15 is 0 Å². The van der Waals surface area contributed by atoms with Gasteiger partial charge in [0.25, 0.3) is 5.91 Å². The summed E-state index contributed by atoms with van der Waals surface area (Å²) in [5.41, 5.74) is 1.86. The van der Waals surface area contributed by atoms with Gasteiger partial charge in [0.1, 0.15) is 0 Å². The number of carbonyl (C=O) groups excluding carboxylic acids is 1. The van der Waals surface area contributed by atoms with Gasteiger partial charge >= 0.3 is 0 Å². The van der Waals surface area contributed by atoms with Gasteiger partial charge in [-0.2, -0.15) is 4.99 Å². The van der Waals surface area contributed by atoms with E-state index in [1.54, 1.807) is 23.4 Å². The highest BCUT2D eigenvalue weighted by Crippen LogP contribution is 2.35. The van der Waals surface area contributed by atoms with Gasteiger partial charge in [-0.3, -0.25) is 14.7 Å². The van der Waals surface area contributed by atoms with Crippen molar-refractivity contribution in [1.82, 2.24) is 14.9 Å². The molecule has 1 aromatic carbocycles. The molecule has 2 aromatic heterocycles. The Hall–Kier alpha value is -2.77. The molecule has 128 valence electrons. The number of aliphatic imine (C=N–C) groups is 1. The van der Waals surface area contributed by atoms with E-state index < -0.39 is 0 Å². The summed E-state index contributed by atoms with van der Waals surface area (Å²) in [6, 6.07) is 9.80. The zero-order valence-corrected chi connectivity index (χ0v) is 15.3. The molecule has 0 unspecified atom stereocenters. The highest BCUT2D eigenvalue weighted by molar-refractivity contribution is 8.18. The lowest BCUT2D eigenvalue weighted by molar-refractivity contribution is -0.121. The molecule has 0 spiro atoms. The maximum Gasteiger partial charge on any atom is 0.267 e. The van der Waals surface area contributed by atoms with E-state index in [1.807, 2.05) is 41.8 Å². The first kappa shape index (κ1) is 16.7. The third-order valence-corrected chi connectivity index (χ3v) is 5.45. The Kier molecular flexibility index (Phi) is 4.64. The second-order valence-electron chi connectivity index (χ2n) is 5.44. The molecular formula is C19H14N4OS2. The van der Waals surface area contributed by atoms with Crippen LogP contribution >= 0.6 is 23.1 Å². The SMILES string of the molecule is C=CCN1C(=O)/C(=C/c2ccnc3ccccc23)SC1=Nc1nccs1. The molecule has 0 aliphatic carbocycles. The molecule has 0 bridgehead atoms. The van der Waals surface area contributed by atoms with Gasteiger partial charge in [-0.25, -0.2) is 4.98 Å². The molecule has 0 radical (unpaired) electrons. The molecule has 3 heterocycles. The fourth-order valence-corrected chi connectivity index (χ4v) is 4.16. The predicted molar refractivity (Wildman–Crippen MR) is 108 cm³/mol. The lowest BCUT2D eigenvalue weighted by atomic mass is 10.1. The molecule has 0 saturated carbocycles.